The first-order valence-corrected chi connectivity index (χ1v) is 5.67. The molecule has 88 valence electrons. The number of carbonyl (C=O) groups excluding carboxylic acids is 1. The van der Waals surface area contributed by atoms with Crippen molar-refractivity contribution >= 4 is 11.9 Å². The highest BCUT2D eigenvalue weighted by molar-refractivity contribution is 5.97. The normalized spacial score (nSPS) is 13.4. The molecule has 0 amide bonds. The van der Waals surface area contributed by atoms with Crippen LogP contribution in [-0.4, -0.2) is 5.78 Å². The third kappa shape index (κ3) is 1.80. The van der Waals surface area contributed by atoms with Crippen LogP contribution >= 0.6 is 0 Å². The Kier molecular flexibility index (Phi) is 2.45. The Morgan fingerprint density at radius 1 is 1.00 bits per heavy atom. The van der Waals surface area contributed by atoms with Crippen molar-refractivity contribution in [1.29, 1.82) is 0 Å². The predicted molar refractivity (Wildman–Crippen MR) is 68.2 cm³/mol. The molecule has 0 aliphatic heterocycles. The van der Waals surface area contributed by atoms with Crippen LogP contribution in [0.3, 0.4) is 0 Å². The van der Waals surface area contributed by atoms with E-state index < -0.39 is 0 Å². The molecule has 0 radical (unpaired) electrons. The van der Waals surface area contributed by atoms with Crippen molar-refractivity contribution in [2.24, 2.45) is 0 Å². The second-order valence-corrected chi connectivity index (χ2v) is 4.15. The van der Waals surface area contributed by atoms with Gasteiger partial charge in [-0.1, -0.05) is 30.3 Å². The van der Waals surface area contributed by atoms with Gasteiger partial charge in [0, 0.05) is 11.6 Å². The Labute approximate surface area is 103 Å². The van der Waals surface area contributed by atoms with E-state index in [-0.39, 0.29) is 17.6 Å². The highest BCUT2D eigenvalue weighted by atomic mass is 16.3. The molecule has 3 heteroatoms. The molecule has 1 aliphatic carbocycles. The van der Waals surface area contributed by atoms with Gasteiger partial charge in [0.25, 0.3) is 0 Å². The fraction of sp³-hybridized carbons (Fsp3) is 0.0667. The first-order chi connectivity index (χ1) is 8.74. The summed E-state index contributed by atoms with van der Waals surface area (Å²) in [7, 11) is 0. The van der Waals surface area contributed by atoms with Crippen LogP contribution in [0, 0.1) is 0 Å². The van der Waals surface area contributed by atoms with Gasteiger partial charge in [-0.25, -0.2) is 0 Å². The molecule has 0 atom stereocenters. The molecular formula is C15H10O3. The van der Waals surface area contributed by atoms with Crippen molar-refractivity contribution in [2.45, 2.75) is 6.42 Å². The van der Waals surface area contributed by atoms with Gasteiger partial charge >= 0.3 is 0 Å². The predicted octanol–water partition coefficient (Wildman–Crippen LogP) is 2.45. The van der Waals surface area contributed by atoms with Gasteiger partial charge in [-0.05, 0) is 12.2 Å². The summed E-state index contributed by atoms with van der Waals surface area (Å²) in [6.07, 6.45) is 3.10. The van der Waals surface area contributed by atoms with Crippen molar-refractivity contribution < 1.29 is 9.21 Å². The average Bonchev–Trinajstić information content (AvgIpc) is 2.39. The molecule has 0 fully saturated rings. The molecule has 0 unspecified atom stereocenters. The zero-order valence-electron chi connectivity index (χ0n) is 9.55. The zero-order valence-corrected chi connectivity index (χ0v) is 9.55. The van der Waals surface area contributed by atoms with E-state index in [0.29, 0.717) is 17.1 Å². The zero-order chi connectivity index (χ0) is 12.5. The maximum Gasteiger partial charge on any atom is 0.192 e. The number of fused-ring (bicyclic) bond motifs is 1. The molecule has 3 nitrogen and oxygen atoms in total. The number of allylic oxidation sites excluding steroid dienone is 1. The molecule has 2 aromatic rings. The molecule has 1 aromatic heterocycles. The van der Waals surface area contributed by atoms with Gasteiger partial charge in [0.2, 0.25) is 0 Å². The molecule has 3 rings (SSSR count). The maximum absolute atomic E-state index is 11.9. The number of benzene rings is 1. The fourth-order valence-corrected chi connectivity index (χ4v) is 2.00. The van der Waals surface area contributed by atoms with Crippen LogP contribution in [0.25, 0.3) is 17.4 Å². The molecule has 0 saturated carbocycles. The van der Waals surface area contributed by atoms with Gasteiger partial charge in [0.15, 0.2) is 11.2 Å². The molecule has 0 bridgehead atoms. The molecule has 0 saturated heterocycles. The SMILES string of the molecule is O=C1C=Cc2c(oc(-c3ccccc3)cc2=O)C1. The Morgan fingerprint density at radius 2 is 1.78 bits per heavy atom. The monoisotopic (exact) mass is 238 g/mol. The van der Waals surface area contributed by atoms with Crippen molar-refractivity contribution in [3.05, 3.63) is 64.0 Å². The summed E-state index contributed by atoms with van der Waals surface area (Å²) in [5, 5.41) is 0. The van der Waals surface area contributed by atoms with Crippen LogP contribution in [-0.2, 0) is 11.2 Å². The van der Waals surface area contributed by atoms with Gasteiger partial charge in [0.1, 0.15) is 11.5 Å². The third-order valence-electron chi connectivity index (χ3n) is 2.89. The average molecular weight is 238 g/mol. The van der Waals surface area contributed by atoms with E-state index in [2.05, 4.69) is 0 Å². The second kappa shape index (κ2) is 4.11. The van der Waals surface area contributed by atoms with E-state index in [0.717, 1.165) is 5.56 Å². The highest BCUT2D eigenvalue weighted by Crippen LogP contribution is 2.22. The summed E-state index contributed by atoms with van der Waals surface area (Å²) in [6.45, 7) is 0. The molecule has 0 spiro atoms. The van der Waals surface area contributed by atoms with E-state index in [1.54, 1.807) is 0 Å². The van der Waals surface area contributed by atoms with Gasteiger partial charge in [0.05, 0.1) is 12.0 Å². The fourth-order valence-electron chi connectivity index (χ4n) is 2.00. The minimum Gasteiger partial charge on any atom is -0.460 e. The molecule has 1 heterocycles. The molecule has 1 aromatic carbocycles. The Hall–Kier alpha value is -2.42. The Balaban J connectivity index is 2.18. The first kappa shape index (κ1) is 10.7. The van der Waals surface area contributed by atoms with Crippen LogP contribution in [0.15, 0.2) is 51.7 Å². The third-order valence-corrected chi connectivity index (χ3v) is 2.89. The summed E-state index contributed by atoms with van der Waals surface area (Å²) in [6, 6.07) is 10.8. The standard InChI is InChI=1S/C15H10O3/c16-11-6-7-12-13(17)9-14(18-15(12)8-11)10-4-2-1-3-5-10/h1-7,9H,8H2. The van der Waals surface area contributed by atoms with Crippen molar-refractivity contribution in [2.75, 3.05) is 0 Å². The maximum atomic E-state index is 11.9. The first-order valence-electron chi connectivity index (χ1n) is 5.67. The molecular weight excluding hydrogens is 228 g/mol. The lowest BCUT2D eigenvalue weighted by Gasteiger charge is -2.09. The van der Waals surface area contributed by atoms with Gasteiger partial charge in [-0.3, -0.25) is 9.59 Å². The van der Waals surface area contributed by atoms with Crippen LogP contribution < -0.4 is 5.43 Å². The van der Waals surface area contributed by atoms with Gasteiger partial charge in [-0.15, -0.1) is 0 Å². The number of hydrogen-bond acceptors (Lipinski definition) is 3. The number of hydrogen-bond donors (Lipinski definition) is 0. The minimum atomic E-state index is -0.112. The Morgan fingerprint density at radius 3 is 2.56 bits per heavy atom. The molecule has 1 aliphatic rings. The summed E-state index contributed by atoms with van der Waals surface area (Å²) in [5.41, 5.74) is 1.20. The number of carbonyl (C=O) groups is 1. The van der Waals surface area contributed by atoms with E-state index in [1.165, 1.54) is 18.2 Å². The summed E-state index contributed by atoms with van der Waals surface area (Å²) in [4.78, 5) is 23.3. The van der Waals surface area contributed by atoms with Gasteiger partial charge < -0.3 is 4.42 Å². The van der Waals surface area contributed by atoms with E-state index in [1.807, 2.05) is 30.3 Å². The van der Waals surface area contributed by atoms with Gasteiger partial charge in [-0.2, -0.15) is 0 Å². The lowest BCUT2D eigenvalue weighted by Crippen LogP contribution is -2.14. The Bertz CT molecular complexity index is 693. The topological polar surface area (TPSA) is 47.3 Å². The van der Waals surface area contributed by atoms with E-state index in [9.17, 15) is 9.59 Å². The number of rotatable bonds is 1. The van der Waals surface area contributed by atoms with Crippen LogP contribution in [0.5, 0.6) is 0 Å². The summed E-state index contributed by atoms with van der Waals surface area (Å²) < 4.78 is 5.67. The summed E-state index contributed by atoms with van der Waals surface area (Å²) >= 11 is 0. The highest BCUT2D eigenvalue weighted by Gasteiger charge is 2.17. The molecule has 0 N–H and O–H groups in total. The number of ketones is 1. The summed E-state index contributed by atoms with van der Waals surface area (Å²) in [5.74, 6) is 0.909. The van der Waals surface area contributed by atoms with Crippen LogP contribution in [0.4, 0.5) is 0 Å². The lowest BCUT2D eigenvalue weighted by molar-refractivity contribution is -0.114. The minimum absolute atomic E-state index is 0.0455. The molecule has 18 heavy (non-hydrogen) atoms. The van der Waals surface area contributed by atoms with E-state index >= 15 is 0 Å². The van der Waals surface area contributed by atoms with Crippen molar-refractivity contribution in [3.8, 4) is 11.3 Å². The van der Waals surface area contributed by atoms with Crippen molar-refractivity contribution in [3.63, 3.8) is 0 Å². The second-order valence-electron chi connectivity index (χ2n) is 4.15. The quantitative estimate of drug-likeness (QED) is 0.766. The van der Waals surface area contributed by atoms with E-state index in [4.69, 9.17) is 4.42 Å². The van der Waals surface area contributed by atoms with Crippen molar-refractivity contribution in [1.82, 2.24) is 0 Å². The van der Waals surface area contributed by atoms with Crippen LogP contribution in [0.1, 0.15) is 11.3 Å². The smallest absolute Gasteiger partial charge is 0.192 e. The lowest BCUT2D eigenvalue weighted by atomic mass is 10.0. The van der Waals surface area contributed by atoms with Crippen LogP contribution in [0.2, 0.25) is 0 Å². The largest absolute Gasteiger partial charge is 0.460 e.